The fourth-order valence-electron chi connectivity index (χ4n) is 7.35. The summed E-state index contributed by atoms with van der Waals surface area (Å²) >= 11 is 0. The number of hydrogen-bond donors (Lipinski definition) is 2. The van der Waals surface area contributed by atoms with Crippen LogP contribution in [0.25, 0.3) is 0 Å². The highest BCUT2D eigenvalue weighted by Gasteiger charge is 2.45. The molecule has 0 aromatic heterocycles. The van der Waals surface area contributed by atoms with Crippen LogP contribution >= 0.6 is 0 Å². The predicted molar refractivity (Wildman–Crippen MR) is 264 cm³/mol. The van der Waals surface area contributed by atoms with Gasteiger partial charge in [0.2, 0.25) is 11.8 Å². The number of anilines is 1. The molecule has 0 bridgehead atoms. The third-order valence-corrected chi connectivity index (χ3v) is 11.1. The quantitative estimate of drug-likeness (QED) is 0.0672. The molecule has 1 fully saturated rings. The highest BCUT2D eigenvalue weighted by molar-refractivity contribution is 6.25. The summed E-state index contributed by atoms with van der Waals surface area (Å²) in [6.45, 7) is 15.5. The van der Waals surface area contributed by atoms with Crippen molar-refractivity contribution in [1.82, 2.24) is 10.2 Å². The molecule has 0 saturated carbocycles. The molecule has 2 aliphatic heterocycles. The van der Waals surface area contributed by atoms with E-state index in [9.17, 15) is 19.2 Å². The van der Waals surface area contributed by atoms with Crippen LogP contribution in [0.15, 0.2) is 18.2 Å². The van der Waals surface area contributed by atoms with Gasteiger partial charge in [0.05, 0.1) is 176 Å². The van der Waals surface area contributed by atoms with Crippen LogP contribution in [0.3, 0.4) is 0 Å². The van der Waals surface area contributed by atoms with E-state index < -0.39 is 29.7 Å². The lowest BCUT2D eigenvalue weighted by Gasteiger charge is -2.27. The second kappa shape index (κ2) is 44.3. The average molecular weight is 1010 g/mol. The Kier molecular flexibility index (Phi) is 38.7. The van der Waals surface area contributed by atoms with Gasteiger partial charge in [0.25, 0.3) is 11.8 Å². The number of amides is 4. The van der Waals surface area contributed by atoms with Crippen LogP contribution in [0, 0.1) is 0 Å². The van der Waals surface area contributed by atoms with Gasteiger partial charge in [0.15, 0.2) is 0 Å². The first-order chi connectivity index (χ1) is 35.0. The van der Waals surface area contributed by atoms with Gasteiger partial charge in [-0.25, -0.2) is 0 Å². The van der Waals surface area contributed by atoms with Crippen molar-refractivity contribution >= 4 is 29.3 Å². The largest absolute Gasteiger partial charge is 0.382 e. The maximum Gasteiger partial charge on any atom is 0.264 e. The Bertz CT molecular complexity index is 1510. The lowest BCUT2D eigenvalue weighted by atomic mass is 10.0. The number of rotatable bonds is 52. The number of carbonyl (C=O) groups excluding carboxylic acids is 4. The number of carbonyl (C=O) groups is 4. The summed E-state index contributed by atoms with van der Waals surface area (Å²) in [6.07, 6.45) is 13.5. The van der Waals surface area contributed by atoms with E-state index in [1.807, 2.05) is 0 Å². The van der Waals surface area contributed by atoms with E-state index in [2.05, 4.69) is 17.6 Å². The molecule has 20 heteroatoms. The minimum atomic E-state index is -1.01. The van der Waals surface area contributed by atoms with Crippen molar-refractivity contribution in [1.29, 1.82) is 0 Å². The molecule has 0 radical (unpaired) electrons. The number of hydrogen-bond acceptors (Lipinski definition) is 18. The van der Waals surface area contributed by atoms with Crippen molar-refractivity contribution in [3.05, 3.63) is 29.3 Å². The highest BCUT2D eigenvalue weighted by Crippen LogP contribution is 2.32. The van der Waals surface area contributed by atoms with E-state index in [-0.39, 0.29) is 24.0 Å². The van der Waals surface area contributed by atoms with Gasteiger partial charge in [0.1, 0.15) is 6.04 Å². The van der Waals surface area contributed by atoms with Crippen LogP contribution in [0.2, 0.25) is 0 Å². The Morgan fingerprint density at radius 2 is 0.803 bits per heavy atom. The summed E-state index contributed by atoms with van der Waals surface area (Å²) in [7, 11) is 0. The van der Waals surface area contributed by atoms with Gasteiger partial charge in [0, 0.05) is 25.3 Å². The maximum atomic E-state index is 13.2. The standard InChI is InChI=1S/C51H87N3O17/c1-2-3-4-5-6-7-8-9-10-11-18-59-20-22-61-24-26-63-28-30-65-32-34-67-36-38-69-40-42-71-43-41-70-39-37-68-35-33-66-31-29-64-27-25-62-23-21-60-19-17-52-45-14-12-13-44-48(45)51(58)54(50(44)57)46-15-16-47(55)53-49(46)56/h12-14,46,52H,2-11,15-43H2,1H3,(H,53,55,56). The zero-order chi connectivity index (χ0) is 50.5. The van der Waals surface area contributed by atoms with Crippen LogP contribution in [0.4, 0.5) is 5.69 Å². The lowest BCUT2D eigenvalue weighted by molar-refractivity contribution is -0.136. The van der Waals surface area contributed by atoms with E-state index in [1.54, 1.807) is 18.2 Å². The molecule has 20 nitrogen and oxygen atoms in total. The van der Waals surface area contributed by atoms with Crippen molar-refractivity contribution in [3.8, 4) is 0 Å². The molecule has 2 aliphatic rings. The molecule has 408 valence electrons. The number of nitrogens with one attached hydrogen (secondary N) is 2. The predicted octanol–water partition coefficient (Wildman–Crippen LogP) is 4.64. The van der Waals surface area contributed by atoms with Crippen LogP contribution in [-0.2, 0) is 71.2 Å². The first-order valence-electron chi connectivity index (χ1n) is 26.1. The zero-order valence-corrected chi connectivity index (χ0v) is 42.8. The number of imide groups is 2. The molecule has 3 rings (SSSR count). The van der Waals surface area contributed by atoms with E-state index in [4.69, 9.17) is 61.6 Å². The average Bonchev–Trinajstić information content (AvgIpc) is 3.62. The molecule has 4 amide bonds. The Morgan fingerprint density at radius 3 is 1.18 bits per heavy atom. The molecule has 1 aromatic rings. The normalized spacial score (nSPS) is 14.8. The van der Waals surface area contributed by atoms with Crippen molar-refractivity contribution in [2.45, 2.75) is 90.0 Å². The summed E-state index contributed by atoms with van der Waals surface area (Å²) in [5.41, 5.74) is 0.905. The van der Waals surface area contributed by atoms with Crippen LogP contribution in [-0.4, -0.2) is 213 Å². The molecule has 71 heavy (non-hydrogen) atoms. The molecule has 1 atom stereocenters. The Labute approximate surface area is 422 Å². The third-order valence-electron chi connectivity index (χ3n) is 11.1. The van der Waals surface area contributed by atoms with Crippen LogP contribution in [0.1, 0.15) is 105 Å². The van der Waals surface area contributed by atoms with Gasteiger partial charge in [-0.15, -0.1) is 0 Å². The fourth-order valence-corrected chi connectivity index (χ4v) is 7.35. The molecular formula is C51H87N3O17. The van der Waals surface area contributed by atoms with Gasteiger partial charge in [-0.3, -0.25) is 29.4 Å². The molecule has 2 heterocycles. The monoisotopic (exact) mass is 1010 g/mol. The molecule has 1 saturated heterocycles. The molecule has 2 N–H and O–H groups in total. The number of piperidine rings is 1. The Hall–Kier alpha value is -3.22. The fraction of sp³-hybridized carbons (Fsp3) is 0.804. The van der Waals surface area contributed by atoms with Gasteiger partial charge in [-0.2, -0.15) is 0 Å². The van der Waals surface area contributed by atoms with Crippen molar-refractivity contribution in [2.24, 2.45) is 0 Å². The van der Waals surface area contributed by atoms with E-state index in [1.165, 1.54) is 57.8 Å². The summed E-state index contributed by atoms with van der Waals surface area (Å²) in [4.78, 5) is 51.0. The molecule has 0 aliphatic carbocycles. The van der Waals surface area contributed by atoms with E-state index >= 15 is 0 Å². The molecule has 1 aromatic carbocycles. The summed E-state index contributed by atoms with van der Waals surface area (Å²) < 4.78 is 72.1. The van der Waals surface area contributed by atoms with E-state index in [0.717, 1.165) is 17.9 Å². The first kappa shape index (κ1) is 62.1. The van der Waals surface area contributed by atoms with Gasteiger partial charge >= 0.3 is 0 Å². The Balaban J connectivity index is 0.923. The topological polar surface area (TPSA) is 216 Å². The van der Waals surface area contributed by atoms with Crippen LogP contribution in [0.5, 0.6) is 0 Å². The number of benzene rings is 1. The summed E-state index contributed by atoms with van der Waals surface area (Å²) in [6, 6.07) is 3.91. The number of fused-ring (bicyclic) bond motifs is 1. The van der Waals surface area contributed by atoms with Crippen LogP contribution < -0.4 is 10.6 Å². The third kappa shape index (κ3) is 30.5. The molecule has 0 spiro atoms. The first-order valence-corrected chi connectivity index (χ1v) is 26.1. The summed E-state index contributed by atoms with van der Waals surface area (Å²) in [5, 5.41) is 5.34. The van der Waals surface area contributed by atoms with Gasteiger partial charge in [-0.1, -0.05) is 70.8 Å². The second-order valence-corrected chi connectivity index (χ2v) is 16.7. The van der Waals surface area contributed by atoms with Crippen molar-refractivity contribution in [3.63, 3.8) is 0 Å². The Morgan fingerprint density at radius 1 is 0.451 bits per heavy atom. The maximum absolute atomic E-state index is 13.2. The molecule has 1 unspecified atom stereocenters. The van der Waals surface area contributed by atoms with Crippen molar-refractivity contribution < 1.29 is 80.8 Å². The van der Waals surface area contributed by atoms with E-state index in [0.29, 0.717) is 177 Å². The minimum absolute atomic E-state index is 0.0639. The lowest BCUT2D eigenvalue weighted by Crippen LogP contribution is -2.54. The minimum Gasteiger partial charge on any atom is -0.382 e. The summed E-state index contributed by atoms with van der Waals surface area (Å²) in [5.74, 6) is -2.17. The number of nitrogens with zero attached hydrogens (tertiary/aromatic N) is 1. The highest BCUT2D eigenvalue weighted by atomic mass is 16.6. The number of ether oxygens (including phenoxy) is 13. The second-order valence-electron chi connectivity index (χ2n) is 16.7. The van der Waals surface area contributed by atoms with Gasteiger partial charge in [-0.05, 0) is 25.0 Å². The number of unbranched alkanes of at least 4 members (excludes halogenated alkanes) is 9. The van der Waals surface area contributed by atoms with Gasteiger partial charge < -0.3 is 66.9 Å². The molecular weight excluding hydrogens is 927 g/mol. The smallest absolute Gasteiger partial charge is 0.264 e. The van der Waals surface area contributed by atoms with Crippen molar-refractivity contribution in [2.75, 3.05) is 184 Å². The zero-order valence-electron chi connectivity index (χ0n) is 42.8. The SMILES string of the molecule is CCCCCCCCCCCCOCCOCCOCCOCCOCCOCCOCCOCCOCCOCCOCCOCCOCCNc1cccc2c1C(=O)N(C1CCC(=O)NC1=O)C2=O.